The molecule has 0 unspecified atom stereocenters. The fourth-order valence-corrected chi connectivity index (χ4v) is 3.81. The van der Waals surface area contributed by atoms with E-state index in [1.165, 1.54) is 26.0 Å². The molecule has 1 N–H and O–H groups in total. The smallest absolute Gasteiger partial charge is 0.338 e. The quantitative estimate of drug-likeness (QED) is 0.537. The molecular formula is C25H23FN2O7. The Kier molecular flexibility index (Phi) is 6.65. The summed E-state index contributed by atoms with van der Waals surface area (Å²) in [6.45, 7) is 2.40. The highest BCUT2D eigenvalue weighted by molar-refractivity contribution is 5.90. The fourth-order valence-electron chi connectivity index (χ4n) is 3.81. The Morgan fingerprint density at radius 3 is 2.20 bits per heavy atom. The van der Waals surface area contributed by atoms with Crippen LogP contribution in [-0.4, -0.2) is 46.0 Å². The Balaban J connectivity index is 1.64. The van der Waals surface area contributed by atoms with E-state index in [0.29, 0.717) is 0 Å². The predicted octanol–water partition coefficient (Wildman–Crippen LogP) is 2.55. The average Bonchev–Trinajstić information content (AvgIpc) is 3.11. The topological polar surface area (TPSA) is 117 Å². The summed E-state index contributed by atoms with van der Waals surface area (Å²) in [5.41, 5.74) is -2.56. The second-order valence-corrected chi connectivity index (χ2v) is 8.38. The number of nitrogens with zero attached hydrogens (tertiary/aromatic N) is 1. The van der Waals surface area contributed by atoms with Crippen molar-refractivity contribution < 1.29 is 28.2 Å². The SMILES string of the molecule is Cc1cn([C@H]2O[C@](C)(COC(=O)c3ccccc3)[C@@H](OC(=O)c3ccccc3)[C@@H]2F)c(=O)[nH]c1=O. The number of H-pyrrole nitrogens is 1. The maximum Gasteiger partial charge on any atom is 0.338 e. The van der Waals surface area contributed by atoms with Gasteiger partial charge in [-0.2, -0.15) is 0 Å². The number of hydrogen-bond acceptors (Lipinski definition) is 7. The molecule has 2 aromatic carbocycles. The van der Waals surface area contributed by atoms with Crippen LogP contribution < -0.4 is 11.2 Å². The Labute approximate surface area is 199 Å². The van der Waals surface area contributed by atoms with Crippen LogP contribution in [0.5, 0.6) is 0 Å². The first-order chi connectivity index (χ1) is 16.7. The molecule has 9 nitrogen and oxygen atoms in total. The van der Waals surface area contributed by atoms with Crippen LogP contribution in [0, 0.1) is 6.92 Å². The number of alkyl halides is 1. The number of rotatable bonds is 6. The van der Waals surface area contributed by atoms with Gasteiger partial charge >= 0.3 is 17.6 Å². The van der Waals surface area contributed by atoms with Crippen molar-refractivity contribution in [2.45, 2.75) is 38.0 Å². The van der Waals surface area contributed by atoms with Crippen LogP contribution in [0.3, 0.4) is 0 Å². The van der Waals surface area contributed by atoms with Crippen LogP contribution in [-0.2, 0) is 14.2 Å². The van der Waals surface area contributed by atoms with Crippen molar-refractivity contribution in [3.8, 4) is 0 Å². The van der Waals surface area contributed by atoms with Gasteiger partial charge in [-0.1, -0.05) is 36.4 Å². The van der Waals surface area contributed by atoms with E-state index in [0.717, 1.165) is 10.8 Å². The molecule has 3 aromatic rings. The zero-order chi connectivity index (χ0) is 25.2. The minimum Gasteiger partial charge on any atom is -0.459 e. The summed E-state index contributed by atoms with van der Waals surface area (Å²) in [5, 5.41) is 0. The molecule has 4 rings (SSSR count). The number of esters is 2. The number of carbonyl (C=O) groups is 2. The van der Waals surface area contributed by atoms with Gasteiger partial charge in [0.05, 0.1) is 11.1 Å². The number of aromatic nitrogens is 2. The monoisotopic (exact) mass is 482 g/mol. The van der Waals surface area contributed by atoms with E-state index in [1.807, 2.05) is 0 Å². The molecule has 1 fully saturated rings. The van der Waals surface area contributed by atoms with E-state index >= 15 is 4.39 Å². The number of carbonyl (C=O) groups excluding carboxylic acids is 2. The van der Waals surface area contributed by atoms with Crippen LogP contribution in [0.4, 0.5) is 4.39 Å². The minimum absolute atomic E-state index is 0.155. The average molecular weight is 482 g/mol. The van der Waals surface area contributed by atoms with E-state index in [-0.39, 0.29) is 16.7 Å². The first kappa shape index (κ1) is 24.1. The molecule has 0 aliphatic carbocycles. The molecule has 10 heteroatoms. The summed E-state index contributed by atoms with van der Waals surface area (Å²) >= 11 is 0. The highest BCUT2D eigenvalue weighted by Gasteiger charge is 2.57. The Morgan fingerprint density at radius 1 is 1.03 bits per heavy atom. The number of ether oxygens (including phenoxy) is 3. The van der Waals surface area contributed by atoms with Gasteiger partial charge < -0.3 is 14.2 Å². The standard InChI is InChI=1S/C25H23FN2O7/c1-15-13-28(24(32)27-20(15)29)21-18(26)19(34-23(31)17-11-7-4-8-12-17)25(2,35-21)14-33-22(30)16-9-5-3-6-10-16/h3-13,18-19,21H,14H2,1-2H3,(H,27,29,32)/t18-,19-,21-,25+/m0/s1. The third kappa shape index (κ3) is 4.92. The third-order valence-corrected chi connectivity index (χ3v) is 5.72. The van der Waals surface area contributed by atoms with Crippen LogP contribution in [0.15, 0.2) is 76.4 Å². The molecule has 0 saturated carbocycles. The van der Waals surface area contributed by atoms with E-state index in [1.54, 1.807) is 48.5 Å². The zero-order valence-corrected chi connectivity index (χ0v) is 19.0. The van der Waals surface area contributed by atoms with Crippen LogP contribution in [0.2, 0.25) is 0 Å². The normalized spacial score (nSPS) is 23.6. The lowest BCUT2D eigenvalue weighted by Crippen LogP contribution is -2.46. The van der Waals surface area contributed by atoms with Crippen LogP contribution in [0.25, 0.3) is 0 Å². The molecule has 0 radical (unpaired) electrons. The Bertz CT molecular complexity index is 1340. The van der Waals surface area contributed by atoms with Gasteiger partial charge in [0.1, 0.15) is 12.2 Å². The van der Waals surface area contributed by atoms with Crippen LogP contribution >= 0.6 is 0 Å². The molecule has 182 valence electrons. The maximum absolute atomic E-state index is 15.8. The van der Waals surface area contributed by atoms with Gasteiger partial charge in [-0.05, 0) is 38.1 Å². The van der Waals surface area contributed by atoms with Gasteiger partial charge in [0.25, 0.3) is 5.56 Å². The molecule has 1 aromatic heterocycles. The fraction of sp³-hybridized carbons (Fsp3) is 0.280. The van der Waals surface area contributed by atoms with Crippen molar-refractivity contribution >= 4 is 11.9 Å². The third-order valence-electron chi connectivity index (χ3n) is 5.72. The molecule has 0 amide bonds. The highest BCUT2D eigenvalue weighted by atomic mass is 19.1. The summed E-state index contributed by atoms with van der Waals surface area (Å²) in [7, 11) is 0. The zero-order valence-electron chi connectivity index (χ0n) is 19.0. The number of benzene rings is 2. The van der Waals surface area contributed by atoms with E-state index in [4.69, 9.17) is 14.2 Å². The Hall–Kier alpha value is -4.05. The molecule has 2 heterocycles. The maximum atomic E-state index is 15.8. The van der Waals surface area contributed by atoms with Gasteiger partial charge in [-0.15, -0.1) is 0 Å². The van der Waals surface area contributed by atoms with Crippen molar-refractivity contribution in [1.82, 2.24) is 9.55 Å². The number of hydrogen-bond donors (Lipinski definition) is 1. The van der Waals surface area contributed by atoms with E-state index < -0.39 is 53.9 Å². The highest BCUT2D eigenvalue weighted by Crippen LogP contribution is 2.41. The predicted molar refractivity (Wildman–Crippen MR) is 122 cm³/mol. The summed E-state index contributed by atoms with van der Waals surface area (Å²) < 4.78 is 33.4. The van der Waals surface area contributed by atoms with Gasteiger partial charge in [-0.25, -0.2) is 18.8 Å². The molecule has 1 aliphatic rings. The summed E-state index contributed by atoms with van der Waals surface area (Å²) in [4.78, 5) is 51.5. The number of aromatic amines is 1. The van der Waals surface area contributed by atoms with Gasteiger partial charge in [0, 0.05) is 11.8 Å². The van der Waals surface area contributed by atoms with Crippen LogP contribution in [0.1, 0.15) is 39.4 Å². The molecule has 4 atom stereocenters. The van der Waals surface area contributed by atoms with Crippen molar-refractivity contribution in [3.63, 3.8) is 0 Å². The first-order valence-electron chi connectivity index (χ1n) is 10.8. The van der Waals surface area contributed by atoms with Crippen molar-refractivity contribution in [2.24, 2.45) is 0 Å². The number of nitrogens with one attached hydrogen (secondary N) is 1. The van der Waals surface area contributed by atoms with Gasteiger partial charge in [0.15, 0.2) is 18.5 Å². The van der Waals surface area contributed by atoms with Gasteiger partial charge in [-0.3, -0.25) is 14.3 Å². The Morgan fingerprint density at radius 2 is 1.60 bits per heavy atom. The van der Waals surface area contributed by atoms with E-state index in [2.05, 4.69) is 4.98 Å². The summed E-state index contributed by atoms with van der Waals surface area (Å²) in [6, 6.07) is 16.1. The van der Waals surface area contributed by atoms with Crippen molar-refractivity contribution in [2.75, 3.05) is 6.61 Å². The lowest BCUT2D eigenvalue weighted by atomic mass is 9.98. The minimum atomic E-state index is -2.02. The summed E-state index contributed by atoms with van der Waals surface area (Å²) in [6.07, 6.45) is -3.95. The van der Waals surface area contributed by atoms with E-state index in [9.17, 15) is 19.2 Å². The lowest BCUT2D eigenvalue weighted by Gasteiger charge is -2.29. The second-order valence-electron chi connectivity index (χ2n) is 8.38. The molecule has 35 heavy (non-hydrogen) atoms. The molecule has 0 spiro atoms. The lowest BCUT2D eigenvalue weighted by molar-refractivity contribution is -0.122. The second kappa shape index (κ2) is 9.67. The largest absolute Gasteiger partial charge is 0.459 e. The molecule has 1 saturated heterocycles. The number of halogens is 1. The summed E-state index contributed by atoms with van der Waals surface area (Å²) in [5.74, 6) is -1.49. The van der Waals surface area contributed by atoms with Crippen molar-refractivity contribution in [1.29, 1.82) is 0 Å². The molecular weight excluding hydrogens is 459 g/mol. The molecule has 1 aliphatic heterocycles. The van der Waals surface area contributed by atoms with Gasteiger partial charge in [0.2, 0.25) is 0 Å². The molecule has 0 bridgehead atoms. The number of aryl methyl sites for hydroxylation is 1. The van der Waals surface area contributed by atoms with Crippen molar-refractivity contribution in [3.05, 3.63) is 104 Å². The first-order valence-corrected chi connectivity index (χ1v) is 10.8.